The minimum atomic E-state index is -0.446. The molecule has 0 aliphatic rings. The van der Waals surface area contributed by atoms with E-state index in [0.29, 0.717) is 11.5 Å². The third-order valence-electron chi connectivity index (χ3n) is 3.79. The Morgan fingerprint density at radius 3 is 2.61 bits per heavy atom. The van der Waals surface area contributed by atoms with Gasteiger partial charge in [-0.1, -0.05) is 47.6 Å². The van der Waals surface area contributed by atoms with Crippen molar-refractivity contribution in [3.05, 3.63) is 77.7 Å². The van der Waals surface area contributed by atoms with Gasteiger partial charge in [0.1, 0.15) is 5.82 Å². The number of halogens is 1. The third kappa shape index (κ3) is 3.61. The highest BCUT2D eigenvalue weighted by molar-refractivity contribution is 6.10. The lowest BCUT2D eigenvalue weighted by molar-refractivity contribution is 0.111. The molecule has 0 saturated carbocycles. The van der Waals surface area contributed by atoms with Crippen LogP contribution in [-0.2, 0) is 18.5 Å². The zero-order valence-electron chi connectivity index (χ0n) is 14.7. The molecule has 0 bridgehead atoms. The van der Waals surface area contributed by atoms with Crippen LogP contribution in [0.15, 0.2) is 64.2 Å². The second kappa shape index (κ2) is 7.74. The Hall–Kier alpha value is -3.95. The fraction of sp³-hybridized carbons (Fsp3) is 0.111. The van der Waals surface area contributed by atoms with E-state index in [0.717, 1.165) is 5.56 Å². The van der Waals surface area contributed by atoms with Gasteiger partial charge in [0.25, 0.3) is 11.8 Å². The third-order valence-corrected chi connectivity index (χ3v) is 3.79. The average molecular weight is 379 g/mol. The molecule has 4 rings (SSSR count). The molecule has 4 aromatic rings. The van der Waals surface area contributed by atoms with E-state index in [1.54, 1.807) is 25.2 Å². The largest absolute Gasteiger partial charge is 0.417 e. The number of hydrogen-bond donors (Lipinski definition) is 0. The Bertz CT molecular complexity index is 1110. The molecule has 0 amide bonds. The quantitative estimate of drug-likeness (QED) is 0.374. The van der Waals surface area contributed by atoms with Crippen molar-refractivity contribution in [2.45, 2.75) is 6.61 Å². The van der Waals surface area contributed by atoms with Crippen LogP contribution in [0.3, 0.4) is 0 Å². The van der Waals surface area contributed by atoms with Crippen molar-refractivity contribution in [2.24, 2.45) is 12.2 Å². The maximum Gasteiger partial charge on any atom is 0.257 e. The first-order valence-corrected chi connectivity index (χ1v) is 8.28. The monoisotopic (exact) mass is 379 g/mol. The van der Waals surface area contributed by atoms with Gasteiger partial charge in [0.2, 0.25) is 5.82 Å². The van der Waals surface area contributed by atoms with Gasteiger partial charge in [-0.2, -0.15) is 0 Å². The molecule has 0 radical (unpaired) electrons. The van der Waals surface area contributed by atoms with Gasteiger partial charge in [-0.25, -0.2) is 9.07 Å². The second-order valence-corrected chi connectivity index (χ2v) is 5.69. The lowest BCUT2D eigenvalue weighted by atomic mass is 10.1. The van der Waals surface area contributed by atoms with Gasteiger partial charge >= 0.3 is 0 Å². The van der Waals surface area contributed by atoms with E-state index in [1.165, 1.54) is 10.7 Å². The highest BCUT2D eigenvalue weighted by atomic mass is 19.1. The minimum Gasteiger partial charge on any atom is -0.417 e. The Kier molecular flexibility index (Phi) is 4.83. The number of tetrazole rings is 1. The first-order valence-electron chi connectivity index (χ1n) is 8.28. The van der Waals surface area contributed by atoms with E-state index >= 15 is 0 Å². The van der Waals surface area contributed by atoms with Crippen LogP contribution >= 0.6 is 0 Å². The fourth-order valence-corrected chi connectivity index (χ4v) is 2.46. The second-order valence-electron chi connectivity index (χ2n) is 5.69. The van der Waals surface area contributed by atoms with Gasteiger partial charge in [-0.15, -0.1) is 15.3 Å². The fourth-order valence-electron chi connectivity index (χ4n) is 2.46. The minimum absolute atomic E-state index is 0.0708. The van der Waals surface area contributed by atoms with Gasteiger partial charge in [0.05, 0.1) is 5.56 Å². The average Bonchev–Trinajstić information content (AvgIpc) is 3.35. The van der Waals surface area contributed by atoms with Crippen molar-refractivity contribution in [1.29, 1.82) is 0 Å². The van der Waals surface area contributed by atoms with Crippen LogP contribution in [0.2, 0.25) is 0 Å². The first kappa shape index (κ1) is 17.5. The van der Waals surface area contributed by atoms with E-state index in [9.17, 15) is 4.39 Å². The molecule has 9 nitrogen and oxygen atoms in total. The van der Waals surface area contributed by atoms with Gasteiger partial charge < -0.3 is 9.25 Å². The summed E-state index contributed by atoms with van der Waals surface area (Å²) in [6.45, 7) is -0.0942. The summed E-state index contributed by atoms with van der Waals surface area (Å²) in [5, 5.41) is 23.3. The summed E-state index contributed by atoms with van der Waals surface area (Å²) in [5.41, 5.74) is 1.44. The summed E-state index contributed by atoms with van der Waals surface area (Å²) in [4.78, 5) is 5.38. The topological polar surface area (TPSA) is 104 Å². The number of benzene rings is 2. The van der Waals surface area contributed by atoms with Crippen LogP contribution in [0.1, 0.15) is 17.3 Å². The van der Waals surface area contributed by atoms with Gasteiger partial charge in [0, 0.05) is 12.6 Å². The predicted octanol–water partition coefficient (Wildman–Crippen LogP) is 2.37. The molecule has 0 unspecified atom stereocenters. The smallest absolute Gasteiger partial charge is 0.257 e. The maximum atomic E-state index is 13.8. The molecule has 140 valence electrons. The zero-order valence-corrected chi connectivity index (χ0v) is 14.7. The number of oxime groups is 1. The van der Waals surface area contributed by atoms with Crippen LogP contribution in [0, 0.1) is 5.82 Å². The number of aryl methyl sites for hydroxylation is 1. The first-order chi connectivity index (χ1) is 13.7. The van der Waals surface area contributed by atoms with E-state index in [-0.39, 0.29) is 24.0 Å². The number of hydrogen-bond acceptors (Lipinski definition) is 8. The summed E-state index contributed by atoms with van der Waals surface area (Å²) in [5.74, 6) is 0.216. The molecule has 0 atom stereocenters. The van der Waals surface area contributed by atoms with Crippen LogP contribution in [-0.4, -0.2) is 36.1 Å². The van der Waals surface area contributed by atoms with Gasteiger partial charge in [-0.3, -0.25) is 0 Å². The van der Waals surface area contributed by atoms with Crippen molar-refractivity contribution in [2.75, 3.05) is 0 Å². The van der Waals surface area contributed by atoms with Crippen LogP contribution in [0.25, 0.3) is 11.5 Å². The maximum absolute atomic E-state index is 13.8. The van der Waals surface area contributed by atoms with E-state index in [2.05, 4.69) is 30.9 Å². The lowest BCUT2D eigenvalue weighted by Gasteiger charge is -2.04. The standard InChI is InChI=1S/C18H14FN7O2/c1-26-17(21-24-25-26)16(12-7-3-2-4-8-12)23-27-11-15-20-22-18(28-15)13-9-5-6-10-14(13)19/h2-10H,11H2,1H3/b23-16-. The molecule has 0 saturated heterocycles. The Morgan fingerprint density at radius 1 is 1.07 bits per heavy atom. The van der Waals surface area contributed by atoms with Crippen molar-refractivity contribution < 1.29 is 13.6 Å². The Morgan fingerprint density at radius 2 is 1.86 bits per heavy atom. The molecule has 10 heteroatoms. The van der Waals surface area contributed by atoms with Crippen LogP contribution in [0.5, 0.6) is 0 Å². The molecule has 2 aromatic carbocycles. The highest BCUT2D eigenvalue weighted by Crippen LogP contribution is 2.21. The van der Waals surface area contributed by atoms with E-state index in [4.69, 9.17) is 9.25 Å². The molecule has 0 spiro atoms. The number of nitrogens with zero attached hydrogens (tertiary/aromatic N) is 7. The summed E-state index contributed by atoms with van der Waals surface area (Å²) in [6, 6.07) is 15.5. The molecular formula is C18H14FN7O2. The lowest BCUT2D eigenvalue weighted by Crippen LogP contribution is -2.12. The zero-order chi connectivity index (χ0) is 19.3. The summed E-state index contributed by atoms with van der Waals surface area (Å²) < 4.78 is 20.8. The van der Waals surface area contributed by atoms with E-state index < -0.39 is 5.82 Å². The van der Waals surface area contributed by atoms with Crippen LogP contribution in [0.4, 0.5) is 4.39 Å². The van der Waals surface area contributed by atoms with Crippen molar-refractivity contribution in [3.8, 4) is 11.5 Å². The Labute approximate surface area is 158 Å². The molecule has 2 aromatic heterocycles. The molecule has 2 heterocycles. The SMILES string of the molecule is Cn1nnnc1/C(=N\OCc1nnc(-c2ccccc2F)o1)c1ccccc1. The molecular weight excluding hydrogens is 365 g/mol. The van der Waals surface area contributed by atoms with Crippen molar-refractivity contribution in [1.82, 2.24) is 30.4 Å². The molecule has 0 aliphatic heterocycles. The van der Waals surface area contributed by atoms with Gasteiger partial charge in [-0.05, 0) is 22.6 Å². The Balaban J connectivity index is 1.54. The van der Waals surface area contributed by atoms with Crippen molar-refractivity contribution in [3.63, 3.8) is 0 Å². The molecule has 0 N–H and O–H groups in total. The van der Waals surface area contributed by atoms with E-state index in [1.807, 2.05) is 30.3 Å². The summed E-state index contributed by atoms with van der Waals surface area (Å²) in [6.07, 6.45) is 0. The van der Waals surface area contributed by atoms with Crippen molar-refractivity contribution >= 4 is 5.71 Å². The summed E-state index contributed by atoms with van der Waals surface area (Å²) in [7, 11) is 1.70. The summed E-state index contributed by atoms with van der Waals surface area (Å²) >= 11 is 0. The highest BCUT2D eigenvalue weighted by Gasteiger charge is 2.16. The molecule has 0 aliphatic carbocycles. The normalized spacial score (nSPS) is 11.6. The predicted molar refractivity (Wildman–Crippen MR) is 95.4 cm³/mol. The number of aromatic nitrogens is 6. The number of rotatable bonds is 6. The van der Waals surface area contributed by atoms with Gasteiger partial charge in [0.15, 0.2) is 12.3 Å². The molecule has 28 heavy (non-hydrogen) atoms. The van der Waals surface area contributed by atoms with Crippen LogP contribution < -0.4 is 0 Å². The molecule has 0 fully saturated rings.